The molecule has 1 atom stereocenters. The van der Waals surface area contributed by atoms with Gasteiger partial charge in [-0.15, -0.1) is 0 Å². The Morgan fingerprint density at radius 2 is 2.06 bits per heavy atom. The first kappa shape index (κ1) is 11.4. The van der Waals surface area contributed by atoms with Crippen LogP contribution in [0.1, 0.15) is 24.5 Å². The van der Waals surface area contributed by atoms with Gasteiger partial charge in [-0.1, -0.05) is 6.07 Å². The van der Waals surface area contributed by atoms with Gasteiger partial charge in [-0.3, -0.25) is 0 Å². The molecule has 0 amide bonds. The van der Waals surface area contributed by atoms with Crippen molar-refractivity contribution < 1.29 is 9.50 Å². The quantitative estimate of drug-likeness (QED) is 0.766. The molecule has 3 nitrogen and oxygen atoms in total. The topological polar surface area (TPSA) is 49.5 Å². The Balaban J connectivity index is 2.02. The first-order chi connectivity index (χ1) is 7.66. The summed E-state index contributed by atoms with van der Waals surface area (Å²) in [4.78, 5) is 2.21. The van der Waals surface area contributed by atoms with E-state index in [1.54, 1.807) is 6.07 Å². The highest BCUT2D eigenvalue weighted by Gasteiger charge is 2.17. The normalized spacial score (nSPS) is 18.9. The van der Waals surface area contributed by atoms with Gasteiger partial charge < -0.3 is 15.7 Å². The Bertz CT molecular complexity index is 364. The molecule has 1 aromatic carbocycles. The van der Waals surface area contributed by atoms with Crippen LogP contribution in [0, 0.1) is 5.82 Å². The first-order valence-electron chi connectivity index (χ1n) is 5.62. The van der Waals surface area contributed by atoms with Crippen molar-refractivity contribution in [1.82, 2.24) is 4.90 Å². The van der Waals surface area contributed by atoms with Crippen molar-refractivity contribution in [3.8, 4) is 0 Å². The van der Waals surface area contributed by atoms with E-state index >= 15 is 0 Å². The number of aliphatic hydroxyl groups is 1. The molecule has 1 unspecified atom stereocenters. The molecule has 2 rings (SSSR count). The van der Waals surface area contributed by atoms with Crippen LogP contribution in [-0.4, -0.2) is 29.6 Å². The average Bonchev–Trinajstić information content (AvgIpc) is 2.74. The van der Waals surface area contributed by atoms with E-state index in [4.69, 9.17) is 5.73 Å². The van der Waals surface area contributed by atoms with E-state index in [2.05, 4.69) is 4.90 Å². The van der Waals surface area contributed by atoms with Crippen LogP contribution in [0.5, 0.6) is 0 Å². The maximum atomic E-state index is 12.9. The smallest absolute Gasteiger partial charge is 0.146 e. The maximum absolute atomic E-state index is 12.9. The summed E-state index contributed by atoms with van der Waals surface area (Å²) in [6.45, 7) is 2.67. The van der Waals surface area contributed by atoms with Gasteiger partial charge in [0.05, 0.1) is 11.8 Å². The number of halogens is 1. The van der Waals surface area contributed by atoms with Crippen LogP contribution in [-0.2, 0) is 0 Å². The molecular weight excluding hydrogens is 207 g/mol. The highest BCUT2D eigenvalue weighted by Crippen LogP contribution is 2.21. The molecule has 0 aromatic heterocycles. The Hall–Kier alpha value is -1.13. The fraction of sp³-hybridized carbons (Fsp3) is 0.500. The zero-order valence-corrected chi connectivity index (χ0v) is 9.19. The van der Waals surface area contributed by atoms with E-state index in [9.17, 15) is 9.50 Å². The van der Waals surface area contributed by atoms with E-state index in [1.165, 1.54) is 25.0 Å². The molecule has 1 fully saturated rings. The zero-order chi connectivity index (χ0) is 11.5. The predicted octanol–water partition coefficient (Wildman–Crippen LogP) is 1.54. The molecule has 4 heteroatoms. The third-order valence-corrected chi connectivity index (χ3v) is 3.03. The third-order valence-electron chi connectivity index (χ3n) is 3.03. The van der Waals surface area contributed by atoms with Crippen LogP contribution in [0.4, 0.5) is 10.1 Å². The number of nitrogens with two attached hydrogens (primary N) is 1. The van der Waals surface area contributed by atoms with E-state index in [1.807, 2.05) is 0 Å². The number of likely N-dealkylation sites (tertiary alicyclic amines) is 1. The minimum absolute atomic E-state index is 0.0953. The van der Waals surface area contributed by atoms with E-state index < -0.39 is 11.9 Å². The lowest BCUT2D eigenvalue weighted by Gasteiger charge is -2.19. The number of benzene rings is 1. The molecule has 1 aliphatic heterocycles. The standard InChI is InChI=1S/C12H17FN2O/c13-10-4-3-9(7-11(10)14)12(16)8-15-5-1-2-6-15/h3-4,7,12,16H,1-2,5-6,8,14H2. The van der Waals surface area contributed by atoms with Crippen molar-refractivity contribution in [2.75, 3.05) is 25.4 Å². The molecule has 0 aliphatic carbocycles. The van der Waals surface area contributed by atoms with Crippen molar-refractivity contribution in [1.29, 1.82) is 0 Å². The van der Waals surface area contributed by atoms with Gasteiger partial charge in [0.1, 0.15) is 5.82 Å². The molecule has 3 N–H and O–H groups in total. The Morgan fingerprint density at radius 3 is 2.69 bits per heavy atom. The van der Waals surface area contributed by atoms with E-state index in [0.29, 0.717) is 12.1 Å². The molecule has 1 heterocycles. The van der Waals surface area contributed by atoms with Crippen molar-refractivity contribution >= 4 is 5.69 Å². The van der Waals surface area contributed by atoms with Crippen LogP contribution in [0.15, 0.2) is 18.2 Å². The van der Waals surface area contributed by atoms with Gasteiger partial charge >= 0.3 is 0 Å². The second-order valence-corrected chi connectivity index (χ2v) is 4.30. The van der Waals surface area contributed by atoms with Crippen molar-refractivity contribution in [2.24, 2.45) is 0 Å². The summed E-state index contributed by atoms with van der Waals surface area (Å²) in [5.41, 5.74) is 6.25. The number of hydrogen-bond donors (Lipinski definition) is 2. The van der Waals surface area contributed by atoms with Gasteiger partial charge in [0.2, 0.25) is 0 Å². The molecule has 0 radical (unpaired) electrons. The lowest BCUT2D eigenvalue weighted by Crippen LogP contribution is -2.25. The summed E-state index contributed by atoms with van der Waals surface area (Å²) < 4.78 is 12.9. The van der Waals surface area contributed by atoms with Gasteiger partial charge in [0, 0.05) is 6.54 Å². The predicted molar refractivity (Wildman–Crippen MR) is 61.4 cm³/mol. The first-order valence-corrected chi connectivity index (χ1v) is 5.62. The molecule has 0 bridgehead atoms. The highest BCUT2D eigenvalue weighted by atomic mass is 19.1. The molecular formula is C12H17FN2O. The third kappa shape index (κ3) is 2.51. The summed E-state index contributed by atoms with van der Waals surface area (Å²) in [5.74, 6) is -0.433. The molecule has 0 saturated carbocycles. The highest BCUT2D eigenvalue weighted by molar-refractivity contribution is 5.43. The zero-order valence-electron chi connectivity index (χ0n) is 9.19. The van der Waals surface area contributed by atoms with Gasteiger partial charge in [-0.2, -0.15) is 0 Å². The fourth-order valence-electron chi connectivity index (χ4n) is 2.08. The molecule has 1 aliphatic rings. The average molecular weight is 224 g/mol. The molecule has 88 valence electrons. The van der Waals surface area contributed by atoms with E-state index in [0.717, 1.165) is 13.1 Å². The Morgan fingerprint density at radius 1 is 1.38 bits per heavy atom. The van der Waals surface area contributed by atoms with Crippen LogP contribution in [0.2, 0.25) is 0 Å². The number of nitrogens with zero attached hydrogens (tertiary/aromatic N) is 1. The second kappa shape index (κ2) is 4.80. The maximum Gasteiger partial charge on any atom is 0.146 e. The van der Waals surface area contributed by atoms with Crippen molar-refractivity contribution in [2.45, 2.75) is 18.9 Å². The van der Waals surface area contributed by atoms with Gasteiger partial charge in [-0.05, 0) is 43.6 Å². The van der Waals surface area contributed by atoms with Crippen LogP contribution < -0.4 is 5.73 Å². The van der Waals surface area contributed by atoms with Gasteiger partial charge in [0.25, 0.3) is 0 Å². The Kier molecular flexibility index (Phi) is 3.41. The number of rotatable bonds is 3. The number of anilines is 1. The Labute approximate surface area is 94.7 Å². The van der Waals surface area contributed by atoms with Crippen LogP contribution in [0.25, 0.3) is 0 Å². The van der Waals surface area contributed by atoms with Crippen molar-refractivity contribution in [3.63, 3.8) is 0 Å². The van der Waals surface area contributed by atoms with Crippen LogP contribution >= 0.6 is 0 Å². The van der Waals surface area contributed by atoms with Crippen molar-refractivity contribution in [3.05, 3.63) is 29.6 Å². The fourth-order valence-corrected chi connectivity index (χ4v) is 2.08. The molecule has 1 aromatic rings. The summed E-state index contributed by atoms with van der Waals surface area (Å²) in [7, 11) is 0. The lowest BCUT2D eigenvalue weighted by atomic mass is 10.1. The molecule has 0 spiro atoms. The van der Waals surface area contributed by atoms with Gasteiger partial charge in [0.15, 0.2) is 0 Å². The van der Waals surface area contributed by atoms with E-state index in [-0.39, 0.29) is 5.69 Å². The number of nitrogen functional groups attached to an aromatic ring is 1. The lowest BCUT2D eigenvalue weighted by molar-refractivity contribution is 0.126. The molecule has 1 saturated heterocycles. The number of β-amino-alcohol motifs (C(OH)–C–C–N with tert-alkyl or cyclic N) is 1. The summed E-state index contributed by atoms with van der Waals surface area (Å²) in [6.07, 6.45) is 1.80. The monoisotopic (exact) mass is 224 g/mol. The minimum atomic E-state index is -0.582. The molecule has 16 heavy (non-hydrogen) atoms. The summed E-state index contributed by atoms with van der Waals surface area (Å²) >= 11 is 0. The largest absolute Gasteiger partial charge is 0.396 e. The summed E-state index contributed by atoms with van der Waals surface area (Å²) in [5, 5.41) is 9.98. The summed E-state index contributed by atoms with van der Waals surface area (Å²) in [6, 6.07) is 4.40. The number of hydrogen-bond acceptors (Lipinski definition) is 3. The van der Waals surface area contributed by atoms with Gasteiger partial charge in [-0.25, -0.2) is 4.39 Å². The van der Waals surface area contributed by atoms with Crippen LogP contribution in [0.3, 0.4) is 0 Å². The number of aliphatic hydroxyl groups excluding tert-OH is 1. The second-order valence-electron chi connectivity index (χ2n) is 4.30. The SMILES string of the molecule is Nc1cc(C(O)CN2CCCC2)ccc1F. The minimum Gasteiger partial charge on any atom is -0.396 e.